The number of carboxylic acid groups (broad SMARTS) is 1. The molecule has 2 aromatic carbocycles. The van der Waals surface area contributed by atoms with Gasteiger partial charge in [0.15, 0.2) is 5.78 Å². The van der Waals surface area contributed by atoms with Crippen LogP contribution < -0.4 is 0 Å². The predicted octanol–water partition coefficient (Wildman–Crippen LogP) is 5.74. The smallest absolute Gasteiger partial charge is 0.353 e. The SMILES string of the molecule is Cc1nc(C(=O)C2CC3CC34N=NC24CN2CSC(c3ccccc3)=C2C(=O)O)c(-c2ccccc2)s1. The molecule has 0 radical (unpaired) electrons. The average Bonchev–Trinajstić information content (AvgIpc) is 3.23. The van der Waals surface area contributed by atoms with Crippen LogP contribution in [0.4, 0.5) is 0 Å². The molecule has 0 amide bonds. The molecule has 1 aromatic heterocycles. The van der Waals surface area contributed by atoms with Crippen molar-refractivity contribution in [3.8, 4) is 10.4 Å². The van der Waals surface area contributed by atoms with E-state index in [0.717, 1.165) is 38.8 Å². The lowest BCUT2D eigenvalue weighted by atomic mass is 9.74. The number of benzene rings is 2. The van der Waals surface area contributed by atoms with Gasteiger partial charge in [0, 0.05) is 11.4 Å². The first-order chi connectivity index (χ1) is 17.9. The number of nitrogens with zero attached hydrogens (tertiary/aromatic N) is 4. The second-order valence-corrected chi connectivity index (χ2v) is 12.4. The van der Waals surface area contributed by atoms with Gasteiger partial charge in [-0.2, -0.15) is 10.2 Å². The van der Waals surface area contributed by atoms with Gasteiger partial charge in [-0.25, -0.2) is 9.78 Å². The van der Waals surface area contributed by atoms with E-state index in [4.69, 9.17) is 0 Å². The van der Waals surface area contributed by atoms with Crippen LogP contribution in [0.2, 0.25) is 0 Å². The Morgan fingerprint density at radius 2 is 1.76 bits per heavy atom. The van der Waals surface area contributed by atoms with Crippen LogP contribution in [0.1, 0.15) is 33.9 Å². The van der Waals surface area contributed by atoms with Gasteiger partial charge in [-0.3, -0.25) is 4.79 Å². The molecule has 0 bridgehead atoms. The zero-order chi connectivity index (χ0) is 25.4. The number of aliphatic carboxylic acids is 1. The lowest BCUT2D eigenvalue weighted by Gasteiger charge is -2.44. The summed E-state index contributed by atoms with van der Waals surface area (Å²) in [5.74, 6) is -0.492. The molecule has 1 N–H and O–H groups in total. The van der Waals surface area contributed by atoms with Gasteiger partial charge in [0.05, 0.1) is 21.7 Å². The molecule has 2 aliphatic heterocycles. The third-order valence-electron chi connectivity index (χ3n) is 8.21. The van der Waals surface area contributed by atoms with E-state index in [2.05, 4.69) is 15.2 Å². The molecule has 3 aromatic rings. The third-order valence-corrected chi connectivity index (χ3v) is 10.4. The van der Waals surface area contributed by atoms with Gasteiger partial charge in [-0.15, -0.1) is 23.1 Å². The lowest BCUT2D eigenvalue weighted by Crippen LogP contribution is -2.59. The lowest BCUT2D eigenvalue weighted by molar-refractivity contribution is -0.134. The quantitative estimate of drug-likeness (QED) is 0.393. The minimum absolute atomic E-state index is 0.00409. The van der Waals surface area contributed by atoms with Gasteiger partial charge in [0.25, 0.3) is 0 Å². The highest BCUT2D eigenvalue weighted by Crippen LogP contribution is 2.73. The Labute approximate surface area is 222 Å². The van der Waals surface area contributed by atoms with Crippen LogP contribution in [-0.2, 0) is 4.79 Å². The van der Waals surface area contributed by atoms with E-state index in [-0.39, 0.29) is 22.9 Å². The highest BCUT2D eigenvalue weighted by atomic mass is 32.2. The van der Waals surface area contributed by atoms with Gasteiger partial charge in [0.1, 0.15) is 22.5 Å². The molecular weight excluding hydrogens is 504 g/mol. The Morgan fingerprint density at radius 1 is 1.05 bits per heavy atom. The summed E-state index contributed by atoms with van der Waals surface area (Å²) in [6.07, 6.45) is 1.63. The zero-order valence-electron chi connectivity index (χ0n) is 20.1. The Hall–Kier alpha value is -3.30. The topological polar surface area (TPSA) is 95.2 Å². The number of Topliss-reactive ketones (excluding diaryl/α,β-unsaturated/α-hetero) is 1. The molecule has 37 heavy (non-hydrogen) atoms. The fourth-order valence-electron chi connectivity index (χ4n) is 6.43. The number of ketones is 1. The number of azo groups is 1. The molecule has 4 atom stereocenters. The van der Waals surface area contributed by atoms with Crippen molar-refractivity contribution in [2.75, 3.05) is 12.4 Å². The molecule has 7 rings (SSSR count). The molecule has 186 valence electrons. The number of aromatic nitrogens is 1. The molecular formula is C28H24N4O3S2. The molecule has 2 aliphatic carbocycles. The van der Waals surface area contributed by atoms with Crippen molar-refractivity contribution >= 4 is 39.8 Å². The fourth-order valence-corrected chi connectivity index (χ4v) is 8.52. The largest absolute Gasteiger partial charge is 0.477 e. The first kappa shape index (κ1) is 22.9. The van der Waals surface area contributed by atoms with E-state index < -0.39 is 11.5 Å². The molecule has 7 nitrogen and oxygen atoms in total. The Bertz CT molecular complexity index is 1500. The van der Waals surface area contributed by atoms with Crippen molar-refractivity contribution in [3.63, 3.8) is 0 Å². The van der Waals surface area contributed by atoms with Crippen molar-refractivity contribution in [2.24, 2.45) is 22.1 Å². The standard InChI is InChI=1S/C28H24N4O3S2/c1-16-29-21(24(37-16)17-8-4-2-5-9-17)23(33)20-12-19-13-27(19)28(20,31-30-27)14-32-15-36-25(22(32)26(34)35)18-10-6-3-7-11-18/h2-11,19-20H,12-15H2,1H3,(H,34,35). The molecule has 2 saturated carbocycles. The van der Waals surface area contributed by atoms with E-state index in [9.17, 15) is 14.7 Å². The normalized spacial score (nSPS) is 29.2. The number of thioether (sulfide) groups is 1. The molecule has 1 spiro atoms. The molecule has 3 heterocycles. The summed E-state index contributed by atoms with van der Waals surface area (Å²) in [7, 11) is 0. The van der Waals surface area contributed by atoms with E-state index >= 15 is 0 Å². The van der Waals surface area contributed by atoms with Crippen molar-refractivity contribution in [3.05, 3.63) is 82.6 Å². The summed E-state index contributed by atoms with van der Waals surface area (Å²) < 4.78 is 0. The predicted molar refractivity (Wildman–Crippen MR) is 143 cm³/mol. The van der Waals surface area contributed by atoms with Crippen molar-refractivity contribution in [1.82, 2.24) is 9.88 Å². The number of rotatable bonds is 7. The first-order valence-electron chi connectivity index (χ1n) is 12.4. The van der Waals surface area contributed by atoms with Crippen molar-refractivity contribution < 1.29 is 14.7 Å². The minimum Gasteiger partial charge on any atom is -0.477 e. The van der Waals surface area contributed by atoms with Crippen LogP contribution in [0, 0.1) is 18.8 Å². The van der Waals surface area contributed by atoms with Crippen LogP contribution in [0.3, 0.4) is 0 Å². The highest BCUT2D eigenvalue weighted by molar-refractivity contribution is 8.08. The third kappa shape index (κ3) is 3.23. The average molecular weight is 529 g/mol. The van der Waals surface area contributed by atoms with Crippen LogP contribution in [0.15, 0.2) is 76.6 Å². The number of aryl methyl sites for hydroxylation is 1. The van der Waals surface area contributed by atoms with Crippen LogP contribution >= 0.6 is 23.1 Å². The number of carbonyl (C=O) groups excluding carboxylic acids is 1. The van der Waals surface area contributed by atoms with Crippen LogP contribution in [0.25, 0.3) is 15.3 Å². The molecule has 2 fully saturated rings. The van der Waals surface area contributed by atoms with E-state index in [0.29, 0.717) is 24.0 Å². The summed E-state index contributed by atoms with van der Waals surface area (Å²) in [5, 5.41) is 20.3. The molecule has 9 heteroatoms. The monoisotopic (exact) mass is 528 g/mol. The Morgan fingerprint density at radius 3 is 2.41 bits per heavy atom. The van der Waals surface area contributed by atoms with Crippen LogP contribution in [0.5, 0.6) is 0 Å². The summed E-state index contributed by atoms with van der Waals surface area (Å²) in [6.45, 7) is 2.30. The Balaban J connectivity index is 1.25. The fraction of sp³-hybridized carbons (Fsp3) is 0.321. The number of thiazole rings is 1. The Kier molecular flexibility index (Phi) is 5.00. The number of hydrogen-bond acceptors (Lipinski definition) is 8. The second kappa shape index (κ2) is 8.10. The number of carbonyl (C=O) groups is 2. The molecule has 4 unspecified atom stereocenters. The summed E-state index contributed by atoms with van der Waals surface area (Å²) in [4.78, 5) is 34.9. The highest BCUT2D eigenvalue weighted by Gasteiger charge is 2.82. The van der Waals surface area contributed by atoms with Crippen LogP contribution in [-0.4, -0.2) is 50.2 Å². The van der Waals surface area contributed by atoms with Gasteiger partial charge in [-0.05, 0) is 36.8 Å². The van der Waals surface area contributed by atoms with Gasteiger partial charge >= 0.3 is 5.97 Å². The van der Waals surface area contributed by atoms with E-state index in [1.807, 2.05) is 72.5 Å². The van der Waals surface area contributed by atoms with E-state index in [1.165, 1.54) is 23.1 Å². The summed E-state index contributed by atoms with van der Waals surface area (Å²) in [5.41, 5.74) is 1.61. The van der Waals surface area contributed by atoms with Gasteiger partial charge in [-0.1, -0.05) is 60.7 Å². The maximum Gasteiger partial charge on any atom is 0.353 e. The maximum atomic E-state index is 14.2. The number of carboxylic acids is 1. The molecule has 4 aliphatic rings. The van der Waals surface area contributed by atoms with Gasteiger partial charge < -0.3 is 10.0 Å². The van der Waals surface area contributed by atoms with Crippen molar-refractivity contribution in [1.29, 1.82) is 0 Å². The minimum atomic E-state index is -0.958. The number of hydrogen-bond donors (Lipinski definition) is 1. The van der Waals surface area contributed by atoms with Gasteiger partial charge in [0.2, 0.25) is 0 Å². The van der Waals surface area contributed by atoms with Crippen molar-refractivity contribution in [2.45, 2.75) is 30.8 Å². The van der Waals surface area contributed by atoms with E-state index in [1.54, 1.807) is 0 Å². The maximum absolute atomic E-state index is 14.2. The second-order valence-electron chi connectivity index (χ2n) is 10.2. The molecule has 0 saturated heterocycles. The first-order valence-corrected chi connectivity index (χ1v) is 14.2. The summed E-state index contributed by atoms with van der Waals surface area (Å²) in [6, 6.07) is 19.5. The summed E-state index contributed by atoms with van der Waals surface area (Å²) >= 11 is 3.06. The zero-order valence-corrected chi connectivity index (χ0v) is 21.8.